The molecule has 6 nitrogen and oxygen atoms in total. The van der Waals surface area contributed by atoms with E-state index in [1.54, 1.807) is 0 Å². The minimum atomic E-state index is -0.787. The van der Waals surface area contributed by atoms with E-state index in [4.69, 9.17) is 4.74 Å². The zero-order valence-electron chi connectivity index (χ0n) is 38.9. The van der Waals surface area contributed by atoms with Gasteiger partial charge in [0, 0.05) is 6.42 Å². The molecule has 0 aromatic heterocycles. The van der Waals surface area contributed by atoms with Crippen molar-refractivity contribution in [2.24, 2.45) is 0 Å². The van der Waals surface area contributed by atoms with Crippen LogP contribution in [0.25, 0.3) is 0 Å². The lowest BCUT2D eigenvalue weighted by Crippen LogP contribution is -2.46. The van der Waals surface area contributed by atoms with Gasteiger partial charge in [0.2, 0.25) is 5.91 Å². The lowest BCUT2D eigenvalue weighted by molar-refractivity contribution is -0.151. The molecular weight excluding hydrogens is 719 g/mol. The molecule has 0 aliphatic rings. The van der Waals surface area contributed by atoms with Crippen LogP contribution in [0.2, 0.25) is 0 Å². The van der Waals surface area contributed by atoms with E-state index in [1.807, 2.05) is 0 Å². The third kappa shape index (κ3) is 41.1. The minimum Gasteiger partial charge on any atom is -0.462 e. The van der Waals surface area contributed by atoms with Crippen LogP contribution in [0.3, 0.4) is 0 Å². The van der Waals surface area contributed by atoms with Crippen molar-refractivity contribution in [3.8, 4) is 0 Å². The number of amides is 1. The molecule has 0 saturated carbocycles. The van der Waals surface area contributed by atoms with Gasteiger partial charge in [-0.1, -0.05) is 206 Å². The number of aliphatic hydroxyl groups is 2. The summed E-state index contributed by atoms with van der Waals surface area (Å²) in [5, 5.41) is 23.7. The maximum absolute atomic E-state index is 13.2. The fourth-order valence-corrected chi connectivity index (χ4v) is 7.83. The van der Waals surface area contributed by atoms with Crippen LogP contribution in [0, 0.1) is 0 Å². The summed E-state index contributed by atoms with van der Waals surface area (Å²) >= 11 is 0. The first-order valence-electron chi connectivity index (χ1n) is 25.6. The lowest BCUT2D eigenvalue weighted by atomic mass is 10.0. The Balaban J connectivity index is 4.58. The summed E-state index contributed by atoms with van der Waals surface area (Å²) in [6.07, 6.45) is 52.4. The lowest BCUT2D eigenvalue weighted by Gasteiger charge is -2.24. The summed E-state index contributed by atoms with van der Waals surface area (Å²) in [5.41, 5.74) is 0. The Bertz CT molecular complexity index is 919. The van der Waals surface area contributed by atoms with E-state index >= 15 is 0 Å². The van der Waals surface area contributed by atoms with Gasteiger partial charge in [0.05, 0.1) is 25.2 Å². The van der Waals surface area contributed by atoms with Gasteiger partial charge < -0.3 is 20.3 Å². The van der Waals surface area contributed by atoms with E-state index in [-0.39, 0.29) is 24.9 Å². The number of carbonyl (C=O) groups excluding carboxylic acids is 2. The second-order valence-electron chi connectivity index (χ2n) is 17.6. The van der Waals surface area contributed by atoms with Crippen LogP contribution in [-0.4, -0.2) is 46.9 Å². The van der Waals surface area contributed by atoms with Crippen molar-refractivity contribution in [2.45, 2.75) is 289 Å². The predicted octanol–water partition coefficient (Wildman–Crippen LogP) is 15.1. The molecule has 1 amide bonds. The molecule has 0 bridgehead atoms. The predicted molar refractivity (Wildman–Crippen MR) is 250 cm³/mol. The van der Waals surface area contributed by atoms with Crippen LogP contribution in [0.5, 0.6) is 0 Å². The molecule has 0 aromatic carbocycles. The molecule has 0 spiro atoms. The molecule has 0 rings (SSSR count). The van der Waals surface area contributed by atoms with Gasteiger partial charge in [-0.3, -0.25) is 9.59 Å². The fourth-order valence-electron chi connectivity index (χ4n) is 7.83. The normalized spacial score (nSPS) is 13.4. The molecule has 0 aliphatic heterocycles. The molecule has 0 aliphatic carbocycles. The summed E-state index contributed by atoms with van der Waals surface area (Å²) in [4.78, 5) is 26.1. The molecular formula is C52H99NO5. The number of rotatable bonds is 46. The summed E-state index contributed by atoms with van der Waals surface area (Å²) < 4.78 is 5.92. The molecule has 0 fully saturated rings. The van der Waals surface area contributed by atoms with Crippen LogP contribution in [-0.2, 0) is 14.3 Å². The highest BCUT2D eigenvalue weighted by molar-refractivity contribution is 5.77. The van der Waals surface area contributed by atoms with Crippen molar-refractivity contribution in [3.63, 3.8) is 0 Å². The summed E-state index contributed by atoms with van der Waals surface area (Å²) in [6, 6.07) is -0.702. The van der Waals surface area contributed by atoms with Crippen LogP contribution in [0.1, 0.15) is 271 Å². The average molecular weight is 818 g/mol. The first-order valence-corrected chi connectivity index (χ1v) is 25.6. The van der Waals surface area contributed by atoms with Gasteiger partial charge >= 0.3 is 5.97 Å². The van der Waals surface area contributed by atoms with Gasteiger partial charge in [-0.25, -0.2) is 0 Å². The molecule has 0 heterocycles. The van der Waals surface area contributed by atoms with E-state index in [9.17, 15) is 19.8 Å². The van der Waals surface area contributed by atoms with Gasteiger partial charge in [0.15, 0.2) is 0 Å². The minimum absolute atomic E-state index is 0.0691. The summed E-state index contributed by atoms with van der Waals surface area (Å²) in [6.45, 7) is 6.46. The Morgan fingerprint density at radius 1 is 0.483 bits per heavy atom. The Morgan fingerprint density at radius 2 is 0.828 bits per heavy atom. The molecule has 0 aromatic rings. The van der Waals surface area contributed by atoms with Crippen molar-refractivity contribution in [2.75, 3.05) is 6.61 Å². The number of aliphatic hydroxyl groups excluding tert-OH is 2. The summed E-state index contributed by atoms with van der Waals surface area (Å²) in [7, 11) is 0. The molecule has 0 radical (unpaired) electrons. The topological polar surface area (TPSA) is 95.9 Å². The van der Waals surface area contributed by atoms with Gasteiger partial charge in [0.25, 0.3) is 0 Å². The number of allylic oxidation sites excluding steroid dienone is 4. The average Bonchev–Trinajstić information content (AvgIpc) is 3.22. The standard InChI is InChI=1S/C52H99NO5/c1-4-7-10-13-16-19-22-24-26-28-30-33-36-39-42-45-52(57)58-48(43-40-37-34-31-29-27-25-23-20-17-14-11-8-5-2)46-51(56)53-49(47-54)50(55)44-41-38-35-32-21-18-15-12-9-6-3/h19,22,27,29,48-50,54-55H,4-18,20-21,23-26,28,30-47H2,1-3H3,(H,53,56)/b22-19-,29-27+. The van der Waals surface area contributed by atoms with Gasteiger partial charge in [-0.05, 0) is 77.0 Å². The van der Waals surface area contributed by atoms with E-state index < -0.39 is 18.2 Å². The number of hydrogen-bond acceptors (Lipinski definition) is 5. The second-order valence-corrected chi connectivity index (χ2v) is 17.6. The van der Waals surface area contributed by atoms with E-state index in [1.165, 1.54) is 161 Å². The Hall–Kier alpha value is -1.66. The molecule has 6 heteroatoms. The highest BCUT2D eigenvalue weighted by atomic mass is 16.5. The SMILES string of the molecule is CCCCCC/C=C\CCCCCCCCCC(=O)OC(CCCCC/C=C/CCCCCCCCC)CC(=O)NC(CO)C(O)CCCCCCCCCCCC. The Morgan fingerprint density at radius 3 is 1.26 bits per heavy atom. The van der Waals surface area contributed by atoms with Gasteiger partial charge in [0.1, 0.15) is 6.10 Å². The maximum atomic E-state index is 13.2. The van der Waals surface area contributed by atoms with Crippen molar-refractivity contribution < 1.29 is 24.5 Å². The van der Waals surface area contributed by atoms with Crippen LogP contribution >= 0.6 is 0 Å². The number of nitrogens with one attached hydrogen (secondary N) is 1. The number of esters is 1. The van der Waals surface area contributed by atoms with E-state index in [0.29, 0.717) is 19.3 Å². The fraction of sp³-hybridized carbons (Fsp3) is 0.885. The van der Waals surface area contributed by atoms with Crippen LogP contribution in [0.4, 0.5) is 0 Å². The van der Waals surface area contributed by atoms with Crippen LogP contribution < -0.4 is 5.32 Å². The molecule has 3 N–H and O–H groups in total. The molecule has 3 unspecified atom stereocenters. The Labute approximate surface area is 361 Å². The van der Waals surface area contributed by atoms with Crippen molar-refractivity contribution in [3.05, 3.63) is 24.3 Å². The molecule has 0 saturated heterocycles. The van der Waals surface area contributed by atoms with Crippen molar-refractivity contribution in [1.82, 2.24) is 5.32 Å². The second kappa shape index (κ2) is 46.4. The third-order valence-electron chi connectivity index (χ3n) is 11.8. The summed E-state index contributed by atoms with van der Waals surface area (Å²) in [5.74, 6) is -0.484. The first-order chi connectivity index (χ1) is 28.5. The number of hydrogen-bond donors (Lipinski definition) is 3. The number of carbonyl (C=O) groups is 2. The zero-order chi connectivity index (χ0) is 42.4. The van der Waals surface area contributed by atoms with E-state index in [0.717, 1.165) is 64.2 Å². The highest BCUT2D eigenvalue weighted by Crippen LogP contribution is 2.17. The van der Waals surface area contributed by atoms with Crippen molar-refractivity contribution in [1.29, 1.82) is 0 Å². The molecule has 342 valence electrons. The largest absolute Gasteiger partial charge is 0.462 e. The number of ether oxygens (including phenoxy) is 1. The molecule has 3 atom stereocenters. The van der Waals surface area contributed by atoms with Gasteiger partial charge in [-0.15, -0.1) is 0 Å². The smallest absolute Gasteiger partial charge is 0.306 e. The number of unbranched alkanes of at least 4 members (excludes halogenated alkanes) is 30. The van der Waals surface area contributed by atoms with Gasteiger partial charge in [-0.2, -0.15) is 0 Å². The van der Waals surface area contributed by atoms with Crippen molar-refractivity contribution >= 4 is 11.9 Å². The third-order valence-corrected chi connectivity index (χ3v) is 11.8. The highest BCUT2D eigenvalue weighted by Gasteiger charge is 2.24. The van der Waals surface area contributed by atoms with E-state index in [2.05, 4.69) is 50.4 Å². The van der Waals surface area contributed by atoms with Crippen LogP contribution in [0.15, 0.2) is 24.3 Å². The maximum Gasteiger partial charge on any atom is 0.306 e. The quantitative estimate of drug-likeness (QED) is 0.0323. The Kier molecular flexibility index (Phi) is 45.1. The molecule has 58 heavy (non-hydrogen) atoms. The zero-order valence-corrected chi connectivity index (χ0v) is 38.9. The first kappa shape index (κ1) is 56.3. The monoisotopic (exact) mass is 818 g/mol.